The van der Waals surface area contributed by atoms with Crippen LogP contribution in [-0.2, 0) is 4.79 Å². The fraction of sp³-hybridized carbons (Fsp3) is 0.917. The van der Waals surface area contributed by atoms with E-state index in [1.165, 1.54) is 0 Å². The molecule has 0 aliphatic heterocycles. The third-order valence-electron chi connectivity index (χ3n) is 4.18. The van der Waals surface area contributed by atoms with Gasteiger partial charge in [0.05, 0.1) is 12.0 Å². The highest BCUT2D eigenvalue weighted by Crippen LogP contribution is 2.35. The summed E-state index contributed by atoms with van der Waals surface area (Å²) in [5, 5.41) is 19.1. The van der Waals surface area contributed by atoms with Crippen molar-refractivity contribution in [1.29, 1.82) is 0 Å². The summed E-state index contributed by atoms with van der Waals surface area (Å²) in [5.74, 6) is -1.77. The van der Waals surface area contributed by atoms with Gasteiger partial charge in [0.15, 0.2) is 0 Å². The molecule has 0 saturated heterocycles. The van der Waals surface area contributed by atoms with E-state index in [0.29, 0.717) is 6.42 Å². The Labute approximate surface area is 102 Å². The van der Waals surface area contributed by atoms with Crippen molar-refractivity contribution >= 4 is 5.97 Å². The normalized spacial score (nSPS) is 35.2. The molecule has 1 aliphatic carbocycles. The molecular weight excluding hydrogens is 220 g/mol. The van der Waals surface area contributed by atoms with E-state index in [2.05, 4.69) is 13.8 Å². The van der Waals surface area contributed by atoms with Crippen molar-refractivity contribution in [2.75, 3.05) is 0 Å². The first-order chi connectivity index (χ1) is 7.93. The standard InChI is InChI=1S/C12H24N2O3/c1-3-6(4-2)10(14)9-8(13)5-7(11(9)15)12(16)17/h6-11,15H,3-5,13-14H2,1-2H3,(H,16,17)/t7-,8+,9+,10?,11+/m0/s1. The monoisotopic (exact) mass is 244 g/mol. The second-order valence-electron chi connectivity index (χ2n) is 5.07. The number of aliphatic carboxylic acids is 1. The Hall–Kier alpha value is -0.650. The van der Waals surface area contributed by atoms with Gasteiger partial charge in [-0.25, -0.2) is 0 Å². The van der Waals surface area contributed by atoms with Crippen molar-refractivity contribution in [3.8, 4) is 0 Å². The van der Waals surface area contributed by atoms with Crippen LogP contribution >= 0.6 is 0 Å². The van der Waals surface area contributed by atoms with Gasteiger partial charge in [-0.15, -0.1) is 0 Å². The molecule has 0 heterocycles. The van der Waals surface area contributed by atoms with Gasteiger partial charge in [0.2, 0.25) is 0 Å². The molecule has 5 atom stereocenters. The molecule has 0 spiro atoms. The smallest absolute Gasteiger partial charge is 0.309 e. The number of hydrogen-bond donors (Lipinski definition) is 4. The van der Waals surface area contributed by atoms with Crippen molar-refractivity contribution in [2.45, 2.75) is 51.3 Å². The summed E-state index contributed by atoms with van der Waals surface area (Å²) in [6.07, 6.45) is 1.24. The molecule has 0 aromatic heterocycles. The molecule has 0 aromatic rings. The Bertz CT molecular complexity index is 268. The van der Waals surface area contributed by atoms with E-state index in [9.17, 15) is 9.90 Å². The van der Waals surface area contributed by atoms with Crippen molar-refractivity contribution in [2.24, 2.45) is 29.2 Å². The van der Waals surface area contributed by atoms with Crippen LogP contribution in [0.2, 0.25) is 0 Å². The van der Waals surface area contributed by atoms with Gasteiger partial charge in [-0.3, -0.25) is 4.79 Å². The van der Waals surface area contributed by atoms with Crippen LogP contribution in [0.5, 0.6) is 0 Å². The van der Waals surface area contributed by atoms with Crippen molar-refractivity contribution < 1.29 is 15.0 Å². The largest absolute Gasteiger partial charge is 0.481 e. The van der Waals surface area contributed by atoms with Crippen LogP contribution in [0, 0.1) is 17.8 Å². The summed E-state index contributed by atoms with van der Waals surface area (Å²) in [5.41, 5.74) is 12.1. The van der Waals surface area contributed by atoms with Gasteiger partial charge in [0, 0.05) is 18.0 Å². The van der Waals surface area contributed by atoms with Gasteiger partial charge in [-0.1, -0.05) is 26.7 Å². The molecule has 0 radical (unpaired) electrons. The fourth-order valence-electron chi connectivity index (χ4n) is 3.02. The Morgan fingerprint density at radius 2 is 1.94 bits per heavy atom. The van der Waals surface area contributed by atoms with E-state index in [-0.39, 0.29) is 23.9 Å². The lowest BCUT2D eigenvalue weighted by Gasteiger charge is -2.31. The molecule has 1 aliphatic rings. The molecule has 0 amide bonds. The Morgan fingerprint density at radius 1 is 1.41 bits per heavy atom. The van der Waals surface area contributed by atoms with Crippen molar-refractivity contribution in [3.05, 3.63) is 0 Å². The Kier molecular flexibility index (Phi) is 4.91. The molecule has 6 N–H and O–H groups in total. The number of rotatable bonds is 5. The third-order valence-corrected chi connectivity index (χ3v) is 4.18. The second kappa shape index (κ2) is 5.80. The van der Waals surface area contributed by atoms with Gasteiger partial charge in [0.1, 0.15) is 0 Å². The average Bonchev–Trinajstić information content (AvgIpc) is 2.56. The van der Waals surface area contributed by atoms with Gasteiger partial charge in [-0.2, -0.15) is 0 Å². The van der Waals surface area contributed by atoms with Crippen LogP contribution < -0.4 is 11.5 Å². The summed E-state index contributed by atoms with van der Waals surface area (Å²) in [7, 11) is 0. The van der Waals surface area contributed by atoms with Gasteiger partial charge in [0.25, 0.3) is 0 Å². The van der Waals surface area contributed by atoms with E-state index in [1.807, 2.05) is 0 Å². The SMILES string of the molecule is CCC(CC)C(N)[C@@H]1[C@H](O)[C@@H](C(=O)O)C[C@H]1N. The molecule has 1 fully saturated rings. The number of carboxylic acid groups (broad SMARTS) is 1. The molecule has 1 rings (SSSR count). The number of hydrogen-bond acceptors (Lipinski definition) is 4. The predicted molar refractivity (Wildman–Crippen MR) is 65.3 cm³/mol. The molecule has 5 heteroatoms. The lowest BCUT2D eigenvalue weighted by molar-refractivity contribution is -0.145. The topological polar surface area (TPSA) is 110 Å². The van der Waals surface area contributed by atoms with Crippen LogP contribution in [0.25, 0.3) is 0 Å². The molecule has 1 unspecified atom stereocenters. The summed E-state index contributed by atoms with van der Waals surface area (Å²) >= 11 is 0. The molecule has 0 aromatic carbocycles. The zero-order chi connectivity index (χ0) is 13.2. The zero-order valence-electron chi connectivity index (χ0n) is 10.5. The van der Waals surface area contributed by atoms with Gasteiger partial charge >= 0.3 is 5.97 Å². The van der Waals surface area contributed by atoms with Crippen LogP contribution in [0.1, 0.15) is 33.1 Å². The minimum Gasteiger partial charge on any atom is -0.481 e. The van der Waals surface area contributed by atoms with Crippen LogP contribution in [-0.4, -0.2) is 34.4 Å². The Morgan fingerprint density at radius 3 is 2.29 bits per heavy atom. The molecule has 1 saturated carbocycles. The first kappa shape index (κ1) is 14.4. The quantitative estimate of drug-likeness (QED) is 0.550. The molecule has 0 bridgehead atoms. The summed E-state index contributed by atoms with van der Waals surface area (Å²) in [6.45, 7) is 4.10. The van der Waals surface area contributed by atoms with Crippen LogP contribution in [0.3, 0.4) is 0 Å². The highest BCUT2D eigenvalue weighted by atomic mass is 16.4. The molecule has 100 valence electrons. The van der Waals surface area contributed by atoms with E-state index < -0.39 is 18.0 Å². The number of carbonyl (C=O) groups is 1. The lowest BCUT2D eigenvalue weighted by Crippen LogP contribution is -2.48. The maximum Gasteiger partial charge on any atom is 0.309 e. The summed E-state index contributed by atoms with van der Waals surface area (Å²) in [4.78, 5) is 11.0. The number of carboxylic acids is 1. The van der Waals surface area contributed by atoms with Crippen LogP contribution in [0.4, 0.5) is 0 Å². The van der Waals surface area contributed by atoms with Gasteiger partial charge < -0.3 is 21.7 Å². The lowest BCUT2D eigenvalue weighted by atomic mass is 9.81. The highest BCUT2D eigenvalue weighted by molar-refractivity contribution is 5.71. The highest BCUT2D eigenvalue weighted by Gasteiger charge is 2.47. The van der Waals surface area contributed by atoms with E-state index in [4.69, 9.17) is 16.6 Å². The van der Waals surface area contributed by atoms with Crippen LogP contribution in [0.15, 0.2) is 0 Å². The van der Waals surface area contributed by atoms with Crippen molar-refractivity contribution in [1.82, 2.24) is 0 Å². The number of aliphatic hydroxyl groups excluding tert-OH is 1. The molecule has 17 heavy (non-hydrogen) atoms. The third kappa shape index (κ3) is 2.78. The maximum atomic E-state index is 11.0. The van der Waals surface area contributed by atoms with E-state index in [1.54, 1.807) is 0 Å². The predicted octanol–water partition coefficient (Wildman–Crippen LogP) is 0.159. The van der Waals surface area contributed by atoms with Gasteiger partial charge in [-0.05, 0) is 12.3 Å². The first-order valence-electron chi connectivity index (χ1n) is 6.36. The van der Waals surface area contributed by atoms with Crippen molar-refractivity contribution in [3.63, 3.8) is 0 Å². The van der Waals surface area contributed by atoms with E-state index >= 15 is 0 Å². The summed E-state index contributed by atoms with van der Waals surface area (Å²) < 4.78 is 0. The minimum absolute atomic E-state index is 0.223. The number of nitrogens with two attached hydrogens (primary N) is 2. The molecule has 5 nitrogen and oxygen atoms in total. The zero-order valence-corrected chi connectivity index (χ0v) is 10.5. The average molecular weight is 244 g/mol. The second-order valence-corrected chi connectivity index (χ2v) is 5.07. The fourth-order valence-corrected chi connectivity index (χ4v) is 3.02. The van der Waals surface area contributed by atoms with E-state index in [0.717, 1.165) is 12.8 Å². The summed E-state index contributed by atoms with van der Waals surface area (Å²) in [6, 6.07) is -0.541. The molecular formula is C12H24N2O3. The Balaban J connectivity index is 2.79. The first-order valence-corrected chi connectivity index (χ1v) is 6.36. The number of aliphatic hydroxyl groups is 1. The maximum absolute atomic E-state index is 11.0. The minimum atomic E-state index is -0.979.